The predicted octanol–water partition coefficient (Wildman–Crippen LogP) is 1.29. The maximum Gasteiger partial charge on any atom is 0.255 e. The van der Waals surface area contributed by atoms with E-state index < -0.39 is 17.6 Å². The number of aliphatic hydroxyl groups excluding tert-OH is 1. The highest BCUT2D eigenvalue weighted by Crippen LogP contribution is 2.24. The molecule has 100 valence electrons. The van der Waals surface area contributed by atoms with E-state index in [0.29, 0.717) is 5.75 Å². The molecule has 1 unspecified atom stereocenters. The molecule has 1 amide bonds. The number of hydrogen-bond acceptors (Lipinski definition) is 4. The van der Waals surface area contributed by atoms with Crippen LogP contribution in [-0.2, 0) is 0 Å². The van der Waals surface area contributed by atoms with Crippen molar-refractivity contribution in [1.29, 1.82) is 0 Å². The lowest BCUT2D eigenvalue weighted by Gasteiger charge is -2.29. The lowest BCUT2D eigenvalue weighted by atomic mass is 9.98. The second-order valence-electron chi connectivity index (χ2n) is 4.73. The van der Waals surface area contributed by atoms with E-state index in [-0.39, 0.29) is 11.3 Å². The van der Waals surface area contributed by atoms with Crippen molar-refractivity contribution in [3.63, 3.8) is 0 Å². The number of phenols is 1. The molecule has 1 rings (SSSR count). The zero-order valence-corrected chi connectivity index (χ0v) is 11.0. The lowest BCUT2D eigenvalue weighted by Crippen LogP contribution is -2.50. The topological polar surface area (TPSA) is 78.8 Å². The van der Waals surface area contributed by atoms with Gasteiger partial charge in [0.15, 0.2) is 0 Å². The maximum absolute atomic E-state index is 12.0. The minimum Gasteiger partial charge on any atom is -0.507 e. The number of aromatic hydroxyl groups is 1. The average Bonchev–Trinajstić information content (AvgIpc) is 2.27. The van der Waals surface area contributed by atoms with Crippen LogP contribution in [0, 0.1) is 0 Å². The van der Waals surface area contributed by atoms with Gasteiger partial charge in [0.25, 0.3) is 5.91 Å². The van der Waals surface area contributed by atoms with E-state index in [4.69, 9.17) is 4.74 Å². The standard InChI is InChI=1S/C13H19NO4/c1-8(15)13(2,3)14-12(17)10-6-5-9(18-4)7-11(10)16/h5-8,15-16H,1-4H3,(H,14,17). The fourth-order valence-electron chi connectivity index (χ4n) is 1.29. The minimum absolute atomic E-state index is 0.143. The van der Waals surface area contributed by atoms with Gasteiger partial charge in [-0.1, -0.05) is 0 Å². The number of ether oxygens (including phenoxy) is 1. The lowest BCUT2D eigenvalue weighted by molar-refractivity contribution is 0.0707. The van der Waals surface area contributed by atoms with Crippen molar-refractivity contribution < 1.29 is 19.7 Å². The maximum atomic E-state index is 12.0. The molecule has 5 heteroatoms. The molecule has 0 saturated heterocycles. The molecule has 0 saturated carbocycles. The third-order valence-electron chi connectivity index (χ3n) is 2.93. The first-order valence-electron chi connectivity index (χ1n) is 5.65. The number of carbonyl (C=O) groups is 1. The monoisotopic (exact) mass is 253 g/mol. The molecule has 18 heavy (non-hydrogen) atoms. The summed E-state index contributed by atoms with van der Waals surface area (Å²) in [5, 5.41) is 21.9. The molecule has 0 radical (unpaired) electrons. The quantitative estimate of drug-likeness (QED) is 0.755. The average molecular weight is 253 g/mol. The van der Waals surface area contributed by atoms with Gasteiger partial charge in [-0.2, -0.15) is 0 Å². The van der Waals surface area contributed by atoms with Gasteiger partial charge >= 0.3 is 0 Å². The first-order chi connectivity index (χ1) is 8.27. The fraction of sp³-hybridized carbons (Fsp3) is 0.462. The summed E-state index contributed by atoms with van der Waals surface area (Å²) in [7, 11) is 1.48. The van der Waals surface area contributed by atoms with Gasteiger partial charge < -0.3 is 20.3 Å². The molecule has 0 bridgehead atoms. The van der Waals surface area contributed by atoms with Gasteiger partial charge in [0.05, 0.1) is 24.3 Å². The molecule has 0 aliphatic heterocycles. The number of hydrogen-bond donors (Lipinski definition) is 3. The zero-order valence-electron chi connectivity index (χ0n) is 11.0. The molecule has 5 nitrogen and oxygen atoms in total. The third-order valence-corrected chi connectivity index (χ3v) is 2.93. The van der Waals surface area contributed by atoms with Crippen molar-refractivity contribution in [3.8, 4) is 11.5 Å². The van der Waals surface area contributed by atoms with Crippen LogP contribution in [-0.4, -0.2) is 34.9 Å². The summed E-state index contributed by atoms with van der Waals surface area (Å²) in [5.74, 6) is -0.131. The Kier molecular flexibility index (Phi) is 4.19. The second-order valence-corrected chi connectivity index (χ2v) is 4.73. The molecule has 1 aromatic rings. The van der Waals surface area contributed by atoms with Gasteiger partial charge in [0, 0.05) is 6.07 Å². The summed E-state index contributed by atoms with van der Waals surface area (Å²) >= 11 is 0. The van der Waals surface area contributed by atoms with Crippen LogP contribution in [0.1, 0.15) is 31.1 Å². The van der Waals surface area contributed by atoms with Gasteiger partial charge in [0.2, 0.25) is 0 Å². The molecule has 0 aliphatic carbocycles. The summed E-state index contributed by atoms with van der Waals surface area (Å²) in [6, 6.07) is 4.43. The van der Waals surface area contributed by atoms with E-state index in [1.54, 1.807) is 26.8 Å². The largest absolute Gasteiger partial charge is 0.507 e. The van der Waals surface area contributed by atoms with Crippen LogP contribution in [0.3, 0.4) is 0 Å². The van der Waals surface area contributed by atoms with Crippen LogP contribution < -0.4 is 10.1 Å². The van der Waals surface area contributed by atoms with Crippen molar-refractivity contribution in [2.24, 2.45) is 0 Å². The molecule has 3 N–H and O–H groups in total. The van der Waals surface area contributed by atoms with Crippen LogP contribution in [0.5, 0.6) is 11.5 Å². The molecule has 0 aromatic heterocycles. The minimum atomic E-state index is -0.774. The molecule has 0 fully saturated rings. The van der Waals surface area contributed by atoms with Gasteiger partial charge in [-0.25, -0.2) is 0 Å². The highest BCUT2D eigenvalue weighted by molar-refractivity contribution is 5.97. The van der Waals surface area contributed by atoms with Crippen molar-refractivity contribution in [2.45, 2.75) is 32.4 Å². The fourth-order valence-corrected chi connectivity index (χ4v) is 1.29. The molecular weight excluding hydrogens is 234 g/mol. The Morgan fingerprint density at radius 2 is 2.06 bits per heavy atom. The summed E-state index contributed by atoms with van der Waals surface area (Å²) < 4.78 is 4.94. The van der Waals surface area contributed by atoms with E-state index >= 15 is 0 Å². The van der Waals surface area contributed by atoms with Crippen LogP contribution in [0.15, 0.2) is 18.2 Å². The van der Waals surface area contributed by atoms with Crippen molar-refractivity contribution in [3.05, 3.63) is 23.8 Å². The third kappa shape index (κ3) is 3.13. The highest BCUT2D eigenvalue weighted by atomic mass is 16.5. The van der Waals surface area contributed by atoms with Crippen molar-refractivity contribution >= 4 is 5.91 Å². The molecule has 0 spiro atoms. The van der Waals surface area contributed by atoms with Gasteiger partial charge in [-0.15, -0.1) is 0 Å². The number of benzene rings is 1. The highest BCUT2D eigenvalue weighted by Gasteiger charge is 2.27. The number of carbonyl (C=O) groups excluding carboxylic acids is 1. The molecule has 1 aromatic carbocycles. The van der Waals surface area contributed by atoms with Crippen LogP contribution in [0.4, 0.5) is 0 Å². The number of rotatable bonds is 4. The Morgan fingerprint density at radius 1 is 1.44 bits per heavy atom. The van der Waals surface area contributed by atoms with Crippen LogP contribution in [0.2, 0.25) is 0 Å². The van der Waals surface area contributed by atoms with Crippen molar-refractivity contribution in [2.75, 3.05) is 7.11 Å². The Bertz CT molecular complexity index is 441. The predicted molar refractivity (Wildman–Crippen MR) is 67.9 cm³/mol. The van der Waals surface area contributed by atoms with Gasteiger partial charge in [0.1, 0.15) is 11.5 Å². The summed E-state index contributed by atoms with van der Waals surface area (Å²) in [6.45, 7) is 5.00. The Hall–Kier alpha value is -1.75. The van der Waals surface area contributed by atoms with E-state index in [0.717, 1.165) is 0 Å². The number of nitrogens with one attached hydrogen (secondary N) is 1. The van der Waals surface area contributed by atoms with E-state index in [9.17, 15) is 15.0 Å². The SMILES string of the molecule is COc1ccc(C(=O)NC(C)(C)C(C)O)c(O)c1. The summed E-state index contributed by atoms with van der Waals surface area (Å²) in [6.07, 6.45) is -0.707. The first-order valence-corrected chi connectivity index (χ1v) is 5.65. The van der Waals surface area contributed by atoms with Gasteiger partial charge in [-0.3, -0.25) is 4.79 Å². The Morgan fingerprint density at radius 3 is 2.50 bits per heavy atom. The van der Waals surface area contributed by atoms with Crippen molar-refractivity contribution in [1.82, 2.24) is 5.32 Å². The smallest absolute Gasteiger partial charge is 0.255 e. The number of amides is 1. The Labute approximate surface area is 106 Å². The van der Waals surface area contributed by atoms with Crippen LogP contribution in [0.25, 0.3) is 0 Å². The summed E-state index contributed by atoms with van der Waals surface area (Å²) in [5.41, 5.74) is -0.631. The number of methoxy groups -OCH3 is 1. The summed E-state index contributed by atoms with van der Waals surface area (Å²) in [4.78, 5) is 12.0. The van der Waals surface area contributed by atoms with Crippen LogP contribution >= 0.6 is 0 Å². The molecule has 0 aliphatic rings. The molecular formula is C13H19NO4. The first kappa shape index (κ1) is 14.3. The number of phenolic OH excluding ortho intramolecular Hbond substituents is 1. The van der Waals surface area contributed by atoms with E-state index in [1.807, 2.05) is 0 Å². The Balaban J connectivity index is 2.92. The zero-order chi connectivity index (χ0) is 13.9. The normalized spacial score (nSPS) is 12.9. The molecule has 0 heterocycles. The molecule has 1 atom stereocenters. The van der Waals surface area contributed by atoms with E-state index in [1.165, 1.54) is 19.2 Å². The second kappa shape index (κ2) is 5.27. The number of aliphatic hydroxyl groups is 1. The van der Waals surface area contributed by atoms with Gasteiger partial charge in [-0.05, 0) is 32.9 Å². The van der Waals surface area contributed by atoms with E-state index in [2.05, 4.69) is 5.32 Å².